The van der Waals surface area contributed by atoms with E-state index in [2.05, 4.69) is 116 Å². The number of carbonyl (C=O) groups excluding carboxylic acids is 1. The minimum absolute atomic E-state index is 0.0578. The number of nitrogens with two attached hydrogens (primary N) is 1. The van der Waals surface area contributed by atoms with Gasteiger partial charge in [0.05, 0.1) is 25.4 Å². The van der Waals surface area contributed by atoms with Crippen LogP contribution in [0.25, 0.3) is 0 Å². The molecule has 0 saturated heterocycles. The van der Waals surface area contributed by atoms with E-state index in [9.17, 15) is 19.4 Å². The second-order valence-electron chi connectivity index (χ2n) is 13.1. The van der Waals surface area contributed by atoms with Crippen molar-refractivity contribution in [1.29, 1.82) is 0 Å². The van der Waals surface area contributed by atoms with Crippen molar-refractivity contribution in [1.82, 2.24) is 5.32 Å². The Morgan fingerprint density at radius 2 is 1.09 bits per heavy atom. The monoisotopic (exact) mass is 771 g/mol. The lowest BCUT2D eigenvalue weighted by molar-refractivity contribution is -0.123. The standard InChI is InChI=1S/C45H75N2O6P/c1-3-5-7-9-11-13-15-17-19-20-21-22-23-24-25-27-29-31-33-35-37-39-45(49)47-43(42-53-54(50,51)52-41-40-46)44(48)38-36-34-32-30-28-26-18-16-14-12-10-8-6-4-2/h5,7,11,13-14,16-17,19,21-22,24-25,28-31,36,38,43-44,48H,3-4,6,8-10,12,15,18,20,23,26-27,32-35,37,39-42,46H2,1-2H3,(H,47,49)(H,50,51)/b7-5-,13-11-,16-14+,19-17-,22-21-,25-24-,30-28+,31-29-,38-36+. The van der Waals surface area contributed by atoms with Gasteiger partial charge in [0.1, 0.15) is 0 Å². The third kappa shape index (κ3) is 37.5. The lowest BCUT2D eigenvalue weighted by atomic mass is 10.1. The summed E-state index contributed by atoms with van der Waals surface area (Å²) >= 11 is 0. The zero-order valence-electron chi connectivity index (χ0n) is 33.7. The van der Waals surface area contributed by atoms with Crippen molar-refractivity contribution in [3.63, 3.8) is 0 Å². The number of aliphatic hydroxyl groups is 1. The van der Waals surface area contributed by atoms with Gasteiger partial charge in [-0.2, -0.15) is 0 Å². The van der Waals surface area contributed by atoms with Crippen LogP contribution in [0.4, 0.5) is 0 Å². The molecule has 0 aliphatic rings. The molecule has 0 spiro atoms. The molecule has 0 aromatic heterocycles. The molecule has 0 heterocycles. The van der Waals surface area contributed by atoms with E-state index in [1.807, 2.05) is 6.08 Å². The Morgan fingerprint density at radius 1 is 0.630 bits per heavy atom. The number of phosphoric ester groups is 1. The van der Waals surface area contributed by atoms with Crippen LogP contribution < -0.4 is 11.1 Å². The Labute approximate surface area is 329 Å². The fourth-order valence-electron chi connectivity index (χ4n) is 4.99. The van der Waals surface area contributed by atoms with E-state index in [-0.39, 0.29) is 32.1 Å². The fourth-order valence-corrected chi connectivity index (χ4v) is 5.75. The average molecular weight is 771 g/mol. The van der Waals surface area contributed by atoms with Crippen molar-refractivity contribution in [2.24, 2.45) is 5.73 Å². The molecule has 306 valence electrons. The second kappa shape index (κ2) is 39.8. The van der Waals surface area contributed by atoms with Gasteiger partial charge in [-0.1, -0.05) is 142 Å². The van der Waals surface area contributed by atoms with Crippen molar-refractivity contribution in [2.75, 3.05) is 19.8 Å². The maximum Gasteiger partial charge on any atom is 0.472 e. The summed E-state index contributed by atoms with van der Waals surface area (Å²) in [6, 6.07) is -0.914. The summed E-state index contributed by atoms with van der Waals surface area (Å²) < 4.78 is 22.0. The summed E-state index contributed by atoms with van der Waals surface area (Å²) in [5, 5.41) is 13.6. The number of aliphatic hydroxyl groups excluding tert-OH is 1. The van der Waals surface area contributed by atoms with Crippen molar-refractivity contribution in [2.45, 2.75) is 148 Å². The minimum atomic E-state index is -4.37. The van der Waals surface area contributed by atoms with Crippen LogP contribution >= 0.6 is 7.82 Å². The molecule has 0 saturated carbocycles. The molecule has 0 fully saturated rings. The van der Waals surface area contributed by atoms with Crippen LogP contribution in [-0.2, 0) is 18.4 Å². The van der Waals surface area contributed by atoms with Crippen molar-refractivity contribution >= 4 is 13.7 Å². The van der Waals surface area contributed by atoms with Crippen LogP contribution in [0.5, 0.6) is 0 Å². The summed E-state index contributed by atoms with van der Waals surface area (Å²) in [5.74, 6) is -0.257. The number of nitrogens with one attached hydrogen (secondary N) is 1. The summed E-state index contributed by atoms with van der Waals surface area (Å²) in [6.07, 6.45) is 55.7. The van der Waals surface area contributed by atoms with Gasteiger partial charge in [-0.25, -0.2) is 4.57 Å². The highest BCUT2D eigenvalue weighted by atomic mass is 31.2. The number of unbranched alkanes of at least 4 members (excludes halogenated alkanes) is 8. The van der Waals surface area contributed by atoms with Crippen molar-refractivity contribution in [3.8, 4) is 0 Å². The smallest absolute Gasteiger partial charge is 0.387 e. The third-order valence-electron chi connectivity index (χ3n) is 8.06. The number of carbonyl (C=O) groups is 1. The van der Waals surface area contributed by atoms with Crippen LogP contribution in [0.15, 0.2) is 109 Å². The lowest BCUT2D eigenvalue weighted by Gasteiger charge is -2.23. The third-order valence-corrected chi connectivity index (χ3v) is 9.04. The van der Waals surface area contributed by atoms with Crippen molar-refractivity contribution in [3.05, 3.63) is 109 Å². The highest BCUT2D eigenvalue weighted by Gasteiger charge is 2.26. The molecule has 9 heteroatoms. The van der Waals surface area contributed by atoms with Gasteiger partial charge in [0.25, 0.3) is 0 Å². The molecule has 0 rings (SSSR count). The Kier molecular flexibility index (Phi) is 37.7. The Bertz CT molecular complexity index is 1200. The quantitative estimate of drug-likeness (QED) is 0.0283. The van der Waals surface area contributed by atoms with E-state index in [1.165, 1.54) is 25.7 Å². The molecule has 0 aliphatic carbocycles. The molecule has 3 atom stereocenters. The van der Waals surface area contributed by atoms with Crippen LogP contribution in [-0.4, -0.2) is 47.8 Å². The van der Waals surface area contributed by atoms with Gasteiger partial charge in [0.2, 0.25) is 5.91 Å². The van der Waals surface area contributed by atoms with E-state index in [1.54, 1.807) is 6.08 Å². The Morgan fingerprint density at radius 3 is 1.61 bits per heavy atom. The van der Waals surface area contributed by atoms with E-state index >= 15 is 0 Å². The zero-order chi connectivity index (χ0) is 39.6. The van der Waals surface area contributed by atoms with Gasteiger partial charge in [0, 0.05) is 13.0 Å². The number of phosphoric acid groups is 1. The average Bonchev–Trinajstić information content (AvgIpc) is 3.16. The number of allylic oxidation sites excluding steroid dienone is 17. The van der Waals surface area contributed by atoms with E-state index in [4.69, 9.17) is 14.8 Å². The number of amides is 1. The molecule has 0 bridgehead atoms. The maximum atomic E-state index is 12.7. The molecule has 0 radical (unpaired) electrons. The van der Waals surface area contributed by atoms with Gasteiger partial charge in [0.15, 0.2) is 0 Å². The van der Waals surface area contributed by atoms with E-state index in [0.717, 1.165) is 83.5 Å². The first-order valence-electron chi connectivity index (χ1n) is 20.5. The molecule has 0 aromatic rings. The first-order chi connectivity index (χ1) is 26.4. The molecular weight excluding hydrogens is 695 g/mol. The molecule has 8 nitrogen and oxygen atoms in total. The number of hydrogen-bond acceptors (Lipinski definition) is 6. The van der Waals surface area contributed by atoms with Gasteiger partial charge in [-0.3, -0.25) is 13.8 Å². The molecule has 1 amide bonds. The molecule has 3 unspecified atom stereocenters. The Hall–Kier alpha value is -2.84. The topological polar surface area (TPSA) is 131 Å². The first-order valence-corrected chi connectivity index (χ1v) is 22.0. The SMILES string of the molecule is CC/C=C\C/C=C\C/C=C\C/C=C\C/C=C\C/C=C\CCCCC(=O)NC(COP(=O)(O)OCCN)C(O)/C=C/CC/C=C/CC/C=C/CCCCCC. The van der Waals surface area contributed by atoms with E-state index in [0.29, 0.717) is 6.42 Å². The second-order valence-corrected chi connectivity index (χ2v) is 14.5. The van der Waals surface area contributed by atoms with Gasteiger partial charge in [-0.15, -0.1) is 0 Å². The molecule has 0 aromatic carbocycles. The molecule has 5 N–H and O–H groups in total. The van der Waals surface area contributed by atoms with E-state index < -0.39 is 20.0 Å². The summed E-state index contributed by atoms with van der Waals surface area (Å²) in [5.41, 5.74) is 5.36. The van der Waals surface area contributed by atoms with Crippen LogP contribution in [0.1, 0.15) is 136 Å². The highest BCUT2D eigenvalue weighted by molar-refractivity contribution is 7.47. The normalized spacial score (nSPS) is 15.3. The van der Waals surface area contributed by atoms with Gasteiger partial charge in [-0.05, 0) is 96.3 Å². The largest absolute Gasteiger partial charge is 0.472 e. The molecule has 0 aliphatic heterocycles. The first kappa shape index (κ1) is 51.2. The molecule has 54 heavy (non-hydrogen) atoms. The minimum Gasteiger partial charge on any atom is -0.387 e. The highest BCUT2D eigenvalue weighted by Crippen LogP contribution is 2.43. The summed E-state index contributed by atoms with van der Waals surface area (Å²) in [6.45, 7) is 3.89. The van der Waals surface area contributed by atoms with Crippen LogP contribution in [0.2, 0.25) is 0 Å². The van der Waals surface area contributed by atoms with Gasteiger partial charge < -0.3 is 21.1 Å². The predicted octanol–water partition coefficient (Wildman–Crippen LogP) is 11.4. The Balaban J connectivity index is 4.44. The number of hydrogen-bond donors (Lipinski definition) is 4. The molecular formula is C45H75N2O6P. The van der Waals surface area contributed by atoms with Gasteiger partial charge >= 0.3 is 7.82 Å². The summed E-state index contributed by atoms with van der Waals surface area (Å²) in [4.78, 5) is 22.6. The van der Waals surface area contributed by atoms with Crippen LogP contribution in [0.3, 0.4) is 0 Å². The number of rotatable bonds is 36. The van der Waals surface area contributed by atoms with Crippen LogP contribution in [0, 0.1) is 0 Å². The lowest BCUT2D eigenvalue weighted by Crippen LogP contribution is -2.45. The fraction of sp³-hybridized carbons (Fsp3) is 0.578. The van der Waals surface area contributed by atoms with Crippen molar-refractivity contribution < 1.29 is 28.4 Å². The zero-order valence-corrected chi connectivity index (χ0v) is 34.5. The summed E-state index contributed by atoms with van der Waals surface area (Å²) in [7, 11) is -4.37. The predicted molar refractivity (Wildman–Crippen MR) is 230 cm³/mol. The maximum absolute atomic E-state index is 12.7.